The van der Waals surface area contributed by atoms with Gasteiger partial charge in [-0.3, -0.25) is 14.8 Å². The van der Waals surface area contributed by atoms with Crippen molar-refractivity contribution in [1.82, 2.24) is 9.88 Å². The molecule has 122 valence electrons. The van der Waals surface area contributed by atoms with Gasteiger partial charge in [-0.2, -0.15) is 0 Å². The van der Waals surface area contributed by atoms with Crippen LogP contribution in [0.2, 0.25) is 0 Å². The monoisotopic (exact) mass is 323 g/mol. The number of nitrogens with zero attached hydrogens (tertiary/aromatic N) is 4. The maximum absolute atomic E-state index is 12.8. The Morgan fingerprint density at radius 1 is 1.50 bits per heavy atom. The molecule has 0 aromatic carbocycles. The molecular formula is C17H17N5O2. The van der Waals surface area contributed by atoms with E-state index < -0.39 is 0 Å². The summed E-state index contributed by atoms with van der Waals surface area (Å²) in [5.74, 6) is 1.49. The number of amidine groups is 1. The van der Waals surface area contributed by atoms with Crippen molar-refractivity contribution < 1.29 is 9.21 Å². The lowest BCUT2D eigenvalue weighted by atomic mass is 10.1. The zero-order valence-corrected chi connectivity index (χ0v) is 13.5. The summed E-state index contributed by atoms with van der Waals surface area (Å²) in [6.45, 7) is 4.65. The van der Waals surface area contributed by atoms with Gasteiger partial charge in [-0.15, -0.1) is 0 Å². The molecule has 7 heteroatoms. The second-order valence-corrected chi connectivity index (χ2v) is 5.82. The van der Waals surface area contributed by atoms with Gasteiger partial charge in [0.15, 0.2) is 0 Å². The average Bonchev–Trinajstić information content (AvgIpc) is 3.15. The van der Waals surface area contributed by atoms with Gasteiger partial charge >= 0.3 is 0 Å². The first kappa shape index (κ1) is 14.6. The molecule has 4 rings (SSSR count). The number of pyridine rings is 1. The zero-order valence-electron chi connectivity index (χ0n) is 13.5. The van der Waals surface area contributed by atoms with E-state index in [4.69, 9.17) is 9.41 Å². The van der Waals surface area contributed by atoms with E-state index in [2.05, 4.69) is 22.2 Å². The molecule has 7 nitrogen and oxygen atoms in total. The van der Waals surface area contributed by atoms with E-state index in [1.807, 2.05) is 4.90 Å². The molecule has 2 aromatic heterocycles. The SMILES string of the molecule is CC[C@H]1CN2C=Nc3oc(C)c(C(=O)Nc4cccnc4)c3C2=N1. The number of hydrogen-bond donors (Lipinski definition) is 1. The van der Waals surface area contributed by atoms with E-state index in [-0.39, 0.29) is 11.9 Å². The number of fused-ring (bicyclic) bond motifs is 3. The number of aryl methyl sites for hydroxylation is 1. The molecule has 0 aliphatic carbocycles. The van der Waals surface area contributed by atoms with E-state index in [1.165, 1.54) is 0 Å². The van der Waals surface area contributed by atoms with Crippen LogP contribution in [0.5, 0.6) is 0 Å². The molecule has 2 aliphatic rings. The highest BCUT2D eigenvalue weighted by Crippen LogP contribution is 2.35. The summed E-state index contributed by atoms with van der Waals surface area (Å²) in [6.07, 6.45) is 5.93. The average molecular weight is 323 g/mol. The third-order valence-corrected chi connectivity index (χ3v) is 4.21. The van der Waals surface area contributed by atoms with Crippen LogP contribution in [0.4, 0.5) is 11.6 Å². The van der Waals surface area contributed by atoms with Crippen LogP contribution in [-0.4, -0.2) is 40.6 Å². The quantitative estimate of drug-likeness (QED) is 0.941. The zero-order chi connectivity index (χ0) is 16.7. The maximum Gasteiger partial charge on any atom is 0.260 e. The molecule has 1 N–H and O–H groups in total. The highest BCUT2D eigenvalue weighted by Gasteiger charge is 2.35. The molecule has 0 fully saturated rings. The number of aliphatic imine (C=N–C) groups is 2. The van der Waals surface area contributed by atoms with Crippen LogP contribution in [0.1, 0.15) is 35.0 Å². The molecule has 0 radical (unpaired) electrons. The van der Waals surface area contributed by atoms with Crippen LogP contribution in [0, 0.1) is 6.92 Å². The first-order chi connectivity index (χ1) is 11.7. The summed E-state index contributed by atoms with van der Waals surface area (Å²) < 4.78 is 5.69. The lowest BCUT2D eigenvalue weighted by molar-refractivity contribution is 0.102. The summed E-state index contributed by atoms with van der Waals surface area (Å²) >= 11 is 0. The van der Waals surface area contributed by atoms with Gasteiger partial charge in [0.2, 0.25) is 5.88 Å². The summed E-state index contributed by atoms with van der Waals surface area (Å²) in [5, 5.41) is 2.85. The number of nitrogens with one attached hydrogen (secondary N) is 1. The summed E-state index contributed by atoms with van der Waals surface area (Å²) in [5.41, 5.74) is 1.78. The van der Waals surface area contributed by atoms with E-state index in [0.717, 1.165) is 18.8 Å². The van der Waals surface area contributed by atoms with Crippen LogP contribution in [-0.2, 0) is 0 Å². The molecule has 4 heterocycles. The van der Waals surface area contributed by atoms with Crippen molar-refractivity contribution in [2.75, 3.05) is 11.9 Å². The number of rotatable bonds is 3. The molecule has 0 unspecified atom stereocenters. The minimum atomic E-state index is -0.245. The van der Waals surface area contributed by atoms with Crippen molar-refractivity contribution in [2.45, 2.75) is 26.3 Å². The summed E-state index contributed by atoms with van der Waals surface area (Å²) in [6, 6.07) is 3.77. The normalized spacial score (nSPS) is 18.2. The maximum atomic E-state index is 12.8. The van der Waals surface area contributed by atoms with Crippen molar-refractivity contribution in [3.8, 4) is 0 Å². The molecule has 1 amide bonds. The third kappa shape index (κ3) is 2.29. The number of amides is 1. The van der Waals surface area contributed by atoms with Crippen molar-refractivity contribution >= 4 is 29.7 Å². The van der Waals surface area contributed by atoms with Crippen molar-refractivity contribution in [3.63, 3.8) is 0 Å². The van der Waals surface area contributed by atoms with Crippen LogP contribution >= 0.6 is 0 Å². The fraction of sp³-hybridized carbons (Fsp3) is 0.294. The van der Waals surface area contributed by atoms with Gasteiger partial charge in [-0.1, -0.05) is 6.92 Å². The molecule has 0 saturated heterocycles. The third-order valence-electron chi connectivity index (χ3n) is 4.21. The fourth-order valence-corrected chi connectivity index (χ4v) is 2.99. The Balaban J connectivity index is 1.74. The van der Waals surface area contributed by atoms with Crippen LogP contribution < -0.4 is 5.32 Å². The van der Waals surface area contributed by atoms with E-state index in [9.17, 15) is 4.79 Å². The number of aromatic nitrogens is 1. The Hall–Kier alpha value is -2.96. The van der Waals surface area contributed by atoms with Crippen LogP contribution in [0.3, 0.4) is 0 Å². The molecule has 1 atom stereocenters. The van der Waals surface area contributed by atoms with Gasteiger partial charge in [-0.25, -0.2) is 4.99 Å². The molecule has 2 aromatic rings. The Kier molecular flexibility index (Phi) is 3.41. The Bertz CT molecular complexity index is 853. The highest BCUT2D eigenvalue weighted by molar-refractivity contribution is 6.19. The Morgan fingerprint density at radius 3 is 3.12 bits per heavy atom. The first-order valence-electron chi connectivity index (χ1n) is 7.91. The highest BCUT2D eigenvalue weighted by atomic mass is 16.4. The van der Waals surface area contributed by atoms with Crippen LogP contribution in [0.15, 0.2) is 38.9 Å². The number of anilines is 1. The minimum absolute atomic E-state index is 0.210. The molecular weight excluding hydrogens is 306 g/mol. The lowest BCUT2D eigenvalue weighted by Gasteiger charge is -2.18. The fourth-order valence-electron chi connectivity index (χ4n) is 2.99. The second kappa shape index (κ2) is 5.59. The van der Waals surface area contributed by atoms with E-state index in [0.29, 0.717) is 28.5 Å². The standard InChI is InChI=1S/C17H17N5O2/c1-3-11-8-22-9-19-17-14(15(22)20-11)13(10(2)24-17)16(23)21-12-5-4-6-18-7-12/h4-7,9,11H,3,8H2,1-2H3,(H,21,23)/t11-/m0/s1. The second-order valence-electron chi connectivity index (χ2n) is 5.82. The molecule has 24 heavy (non-hydrogen) atoms. The van der Waals surface area contributed by atoms with Crippen molar-refractivity contribution in [1.29, 1.82) is 0 Å². The van der Waals surface area contributed by atoms with E-state index in [1.54, 1.807) is 37.8 Å². The minimum Gasteiger partial charge on any atom is -0.442 e. The Morgan fingerprint density at radius 2 is 2.38 bits per heavy atom. The van der Waals surface area contributed by atoms with Gasteiger partial charge in [-0.05, 0) is 25.5 Å². The smallest absolute Gasteiger partial charge is 0.260 e. The van der Waals surface area contributed by atoms with Crippen LogP contribution in [0.25, 0.3) is 0 Å². The topological polar surface area (TPSA) is 83.1 Å². The Labute approximate surface area is 139 Å². The van der Waals surface area contributed by atoms with Gasteiger partial charge in [0.25, 0.3) is 5.91 Å². The van der Waals surface area contributed by atoms with Crippen molar-refractivity contribution in [3.05, 3.63) is 41.4 Å². The molecule has 0 saturated carbocycles. The summed E-state index contributed by atoms with van der Waals surface area (Å²) in [4.78, 5) is 27.8. The number of carbonyl (C=O) groups excluding carboxylic acids is 1. The molecule has 2 aliphatic heterocycles. The molecule has 0 spiro atoms. The number of carbonyl (C=O) groups is 1. The predicted molar refractivity (Wildman–Crippen MR) is 91.1 cm³/mol. The number of hydrogen-bond acceptors (Lipinski definition) is 6. The van der Waals surface area contributed by atoms with Gasteiger partial charge in [0.1, 0.15) is 17.9 Å². The van der Waals surface area contributed by atoms with Gasteiger partial charge < -0.3 is 14.6 Å². The van der Waals surface area contributed by atoms with E-state index >= 15 is 0 Å². The summed E-state index contributed by atoms with van der Waals surface area (Å²) in [7, 11) is 0. The number of furan rings is 1. The first-order valence-corrected chi connectivity index (χ1v) is 7.91. The van der Waals surface area contributed by atoms with Crippen molar-refractivity contribution in [2.24, 2.45) is 9.98 Å². The lowest BCUT2D eigenvalue weighted by Crippen LogP contribution is -2.31. The van der Waals surface area contributed by atoms with Gasteiger partial charge in [0, 0.05) is 12.7 Å². The largest absolute Gasteiger partial charge is 0.442 e. The van der Waals surface area contributed by atoms with Gasteiger partial charge in [0.05, 0.1) is 29.1 Å². The molecule has 0 bridgehead atoms. The predicted octanol–water partition coefficient (Wildman–Crippen LogP) is 2.75.